The molecule has 6 heteroatoms. The highest BCUT2D eigenvalue weighted by Crippen LogP contribution is 2.23. The minimum absolute atomic E-state index is 0.000469. The molecule has 3 aromatic rings. The number of rotatable bonds is 6. The molecule has 24 heavy (non-hydrogen) atoms. The van der Waals surface area contributed by atoms with Crippen molar-refractivity contribution in [3.05, 3.63) is 40.2 Å². The van der Waals surface area contributed by atoms with Gasteiger partial charge in [0.1, 0.15) is 0 Å². The summed E-state index contributed by atoms with van der Waals surface area (Å²) in [4.78, 5) is 17.5. The highest BCUT2D eigenvalue weighted by atomic mass is 16.5. The van der Waals surface area contributed by atoms with Gasteiger partial charge < -0.3 is 9.84 Å². The van der Waals surface area contributed by atoms with Crippen LogP contribution in [0.1, 0.15) is 25.8 Å². The number of imidazole rings is 1. The van der Waals surface area contributed by atoms with Gasteiger partial charge >= 0.3 is 0 Å². The minimum Gasteiger partial charge on any atom is -0.494 e. The molecule has 0 aliphatic rings. The molecule has 0 atom stereocenters. The second kappa shape index (κ2) is 6.65. The average molecular weight is 329 g/mol. The van der Waals surface area contributed by atoms with Gasteiger partial charge in [-0.3, -0.25) is 9.36 Å². The molecule has 0 unspecified atom stereocenters. The lowest BCUT2D eigenvalue weighted by molar-refractivity contribution is 0.184. The van der Waals surface area contributed by atoms with E-state index < -0.39 is 0 Å². The number of methoxy groups -OCH3 is 1. The molecule has 3 rings (SSSR count). The minimum atomic E-state index is -0.189. The van der Waals surface area contributed by atoms with Crippen molar-refractivity contribution >= 4 is 16.8 Å². The number of aromatic nitrogens is 3. The van der Waals surface area contributed by atoms with E-state index in [9.17, 15) is 9.90 Å². The van der Waals surface area contributed by atoms with Crippen LogP contribution in [0.4, 0.5) is 0 Å². The summed E-state index contributed by atoms with van der Waals surface area (Å²) in [6, 6.07) is 7.52. The Bertz CT molecular complexity index is 925. The first kappa shape index (κ1) is 16.5. The van der Waals surface area contributed by atoms with E-state index in [1.807, 2.05) is 24.3 Å². The molecule has 0 spiro atoms. The third kappa shape index (κ3) is 2.78. The number of hydrogen-bond donors (Lipinski definition) is 1. The fourth-order valence-electron chi connectivity index (χ4n) is 2.92. The first-order valence-corrected chi connectivity index (χ1v) is 8.25. The number of nitrogens with zero attached hydrogens (tertiary/aromatic N) is 3. The molecule has 0 saturated heterocycles. The van der Waals surface area contributed by atoms with Crippen LogP contribution in [0.2, 0.25) is 0 Å². The fourth-order valence-corrected chi connectivity index (χ4v) is 2.92. The van der Waals surface area contributed by atoms with E-state index in [4.69, 9.17) is 4.74 Å². The van der Waals surface area contributed by atoms with E-state index in [1.165, 1.54) is 0 Å². The summed E-state index contributed by atoms with van der Waals surface area (Å²) in [6.45, 7) is 5.07. The Hall–Kier alpha value is -2.34. The van der Waals surface area contributed by atoms with Crippen molar-refractivity contribution in [1.82, 2.24) is 14.0 Å². The van der Waals surface area contributed by atoms with Crippen LogP contribution in [0.3, 0.4) is 0 Å². The van der Waals surface area contributed by atoms with Crippen LogP contribution in [0.15, 0.2) is 29.1 Å². The van der Waals surface area contributed by atoms with Gasteiger partial charge in [0.2, 0.25) is 11.7 Å². The van der Waals surface area contributed by atoms with Crippen molar-refractivity contribution in [2.45, 2.75) is 33.2 Å². The van der Waals surface area contributed by atoms with E-state index in [0.29, 0.717) is 36.8 Å². The fraction of sp³-hybridized carbons (Fsp3) is 0.444. The van der Waals surface area contributed by atoms with Gasteiger partial charge in [0.25, 0.3) is 5.56 Å². The summed E-state index contributed by atoms with van der Waals surface area (Å²) in [5.41, 5.74) is 1.75. The maximum absolute atomic E-state index is 13.0. The number of ether oxygens (including phenoxy) is 1. The molecule has 6 nitrogen and oxygen atoms in total. The maximum Gasteiger partial charge on any atom is 0.266 e. The molecular weight excluding hydrogens is 306 g/mol. The molecule has 2 heterocycles. The maximum atomic E-state index is 13.0. The van der Waals surface area contributed by atoms with Crippen LogP contribution in [0.25, 0.3) is 16.8 Å². The summed E-state index contributed by atoms with van der Waals surface area (Å²) in [5.74, 6) is 0.899. The molecule has 0 aliphatic carbocycles. The lowest BCUT2D eigenvalue weighted by atomic mass is 10.0. The number of aromatic hydroxyl groups is 1. The molecule has 0 amide bonds. The van der Waals surface area contributed by atoms with Gasteiger partial charge in [-0.25, -0.2) is 9.38 Å². The first-order chi connectivity index (χ1) is 11.5. The van der Waals surface area contributed by atoms with Gasteiger partial charge in [0.15, 0.2) is 0 Å². The molecule has 1 N–H and O–H groups in total. The van der Waals surface area contributed by atoms with Gasteiger partial charge in [-0.2, -0.15) is 0 Å². The zero-order chi connectivity index (χ0) is 17.3. The third-order valence-corrected chi connectivity index (χ3v) is 4.26. The van der Waals surface area contributed by atoms with Crippen molar-refractivity contribution in [1.29, 1.82) is 0 Å². The zero-order valence-corrected chi connectivity index (χ0v) is 14.3. The Morgan fingerprint density at radius 2 is 2.04 bits per heavy atom. The molecule has 0 bridgehead atoms. The second-order valence-corrected chi connectivity index (χ2v) is 6.42. The van der Waals surface area contributed by atoms with E-state index in [1.54, 1.807) is 16.1 Å². The van der Waals surface area contributed by atoms with Gasteiger partial charge in [-0.15, -0.1) is 0 Å². The van der Waals surface area contributed by atoms with E-state index >= 15 is 0 Å². The molecule has 0 saturated carbocycles. The van der Waals surface area contributed by atoms with Crippen LogP contribution in [-0.4, -0.2) is 32.8 Å². The van der Waals surface area contributed by atoms with Crippen molar-refractivity contribution in [3.8, 4) is 5.88 Å². The SMILES string of the molecule is COCCn1c(O)c(CCC(C)C)c(=O)n2c3ccccc3nc12. The van der Waals surface area contributed by atoms with E-state index in [-0.39, 0.29) is 11.4 Å². The number of fused-ring (bicyclic) bond motifs is 3. The second-order valence-electron chi connectivity index (χ2n) is 6.42. The number of benzene rings is 1. The lowest BCUT2D eigenvalue weighted by Crippen LogP contribution is -2.24. The Labute approximate surface area is 140 Å². The molecule has 1 aromatic carbocycles. The molecule has 0 radical (unpaired) electrons. The Morgan fingerprint density at radius 1 is 1.29 bits per heavy atom. The van der Waals surface area contributed by atoms with Crippen LogP contribution in [0.5, 0.6) is 5.88 Å². The molecular formula is C18H23N3O3. The van der Waals surface area contributed by atoms with Crippen molar-refractivity contribution in [2.75, 3.05) is 13.7 Å². The topological polar surface area (TPSA) is 68.8 Å². The van der Waals surface area contributed by atoms with Crippen molar-refractivity contribution in [2.24, 2.45) is 5.92 Å². The van der Waals surface area contributed by atoms with Crippen LogP contribution < -0.4 is 5.56 Å². The van der Waals surface area contributed by atoms with E-state index in [2.05, 4.69) is 18.8 Å². The molecule has 0 fully saturated rings. The summed E-state index contributed by atoms with van der Waals surface area (Å²) < 4.78 is 8.41. The van der Waals surface area contributed by atoms with Crippen molar-refractivity contribution < 1.29 is 9.84 Å². The van der Waals surface area contributed by atoms with Gasteiger partial charge in [0, 0.05) is 7.11 Å². The Morgan fingerprint density at radius 3 is 2.75 bits per heavy atom. The first-order valence-electron chi connectivity index (χ1n) is 8.25. The summed E-state index contributed by atoms with van der Waals surface area (Å²) in [5, 5.41) is 10.7. The van der Waals surface area contributed by atoms with Gasteiger partial charge in [-0.1, -0.05) is 26.0 Å². The average Bonchev–Trinajstić information content (AvgIpc) is 2.93. The van der Waals surface area contributed by atoms with Gasteiger partial charge in [-0.05, 0) is 30.9 Å². The number of hydrogen-bond acceptors (Lipinski definition) is 4. The molecule has 2 aromatic heterocycles. The van der Waals surface area contributed by atoms with Crippen LogP contribution >= 0.6 is 0 Å². The highest BCUT2D eigenvalue weighted by molar-refractivity contribution is 5.79. The standard InChI is InChI=1S/C18H23N3O3/c1-12(2)8-9-13-16(22)20(10-11-24-3)18-19-14-6-4-5-7-15(14)21(18)17(13)23/h4-7,12,22H,8-11H2,1-3H3. The molecule has 128 valence electrons. The quantitative estimate of drug-likeness (QED) is 0.755. The predicted octanol–water partition coefficient (Wildman–Crippen LogP) is 2.59. The van der Waals surface area contributed by atoms with Crippen LogP contribution in [0, 0.1) is 5.92 Å². The Kier molecular flexibility index (Phi) is 4.57. The monoisotopic (exact) mass is 329 g/mol. The summed E-state index contributed by atoms with van der Waals surface area (Å²) >= 11 is 0. The summed E-state index contributed by atoms with van der Waals surface area (Å²) in [7, 11) is 1.61. The normalized spacial score (nSPS) is 11.8. The largest absolute Gasteiger partial charge is 0.494 e. The number of para-hydroxylation sites is 2. The van der Waals surface area contributed by atoms with Crippen LogP contribution in [-0.2, 0) is 17.7 Å². The third-order valence-electron chi connectivity index (χ3n) is 4.26. The van der Waals surface area contributed by atoms with Crippen molar-refractivity contribution in [3.63, 3.8) is 0 Å². The predicted molar refractivity (Wildman–Crippen MR) is 93.7 cm³/mol. The molecule has 0 aliphatic heterocycles. The highest BCUT2D eigenvalue weighted by Gasteiger charge is 2.19. The summed E-state index contributed by atoms with van der Waals surface area (Å²) in [6.07, 6.45) is 1.38. The Balaban J connectivity index is 2.30. The lowest BCUT2D eigenvalue weighted by Gasteiger charge is -2.15. The smallest absolute Gasteiger partial charge is 0.266 e. The zero-order valence-electron chi connectivity index (χ0n) is 14.3. The van der Waals surface area contributed by atoms with Gasteiger partial charge in [0.05, 0.1) is 29.7 Å². The van der Waals surface area contributed by atoms with E-state index in [0.717, 1.165) is 17.5 Å².